The Balaban J connectivity index is 1.74. The topological polar surface area (TPSA) is 94.4 Å². The summed E-state index contributed by atoms with van der Waals surface area (Å²) in [7, 11) is 3.34. The van der Waals surface area contributed by atoms with Crippen molar-refractivity contribution in [2.45, 2.75) is 6.92 Å². The van der Waals surface area contributed by atoms with Gasteiger partial charge in [-0.15, -0.1) is 0 Å². The Morgan fingerprint density at radius 2 is 2.11 bits per heavy atom. The lowest BCUT2D eigenvalue weighted by atomic mass is 10.2. The van der Waals surface area contributed by atoms with E-state index < -0.39 is 0 Å². The van der Waals surface area contributed by atoms with Crippen LogP contribution in [0.15, 0.2) is 12.4 Å². The van der Waals surface area contributed by atoms with Crippen molar-refractivity contribution in [1.29, 1.82) is 0 Å². The van der Waals surface area contributed by atoms with Crippen molar-refractivity contribution in [1.82, 2.24) is 19.7 Å². The second kappa shape index (κ2) is 7.12. The fourth-order valence-corrected chi connectivity index (χ4v) is 4.19. The quantitative estimate of drug-likeness (QED) is 0.729. The fourth-order valence-electron chi connectivity index (χ4n) is 3.11. The number of ether oxygens (including phenoxy) is 2. The lowest BCUT2D eigenvalue weighted by Gasteiger charge is -2.30. The number of rotatable bonds is 4. The molecule has 1 saturated heterocycles. The average molecular weight is 388 g/mol. The van der Waals surface area contributed by atoms with E-state index in [1.807, 2.05) is 6.92 Å². The molecule has 4 heterocycles. The molecular weight excluding hydrogens is 368 g/mol. The summed E-state index contributed by atoms with van der Waals surface area (Å²) in [6.07, 6.45) is 3.18. The van der Waals surface area contributed by atoms with E-state index in [0.717, 1.165) is 29.2 Å². The van der Waals surface area contributed by atoms with Gasteiger partial charge in [0.05, 0.1) is 48.2 Å². The minimum absolute atomic E-state index is 0.251. The number of carbonyl (C=O) groups excluding carboxylic acids is 1. The van der Waals surface area contributed by atoms with Gasteiger partial charge in [-0.1, -0.05) is 11.3 Å². The molecule has 0 radical (unpaired) electrons. The highest BCUT2D eigenvalue weighted by Crippen LogP contribution is 2.40. The zero-order chi connectivity index (χ0) is 19.0. The predicted octanol–water partition coefficient (Wildman–Crippen LogP) is 1.83. The molecule has 1 N–H and O–H groups in total. The summed E-state index contributed by atoms with van der Waals surface area (Å²) < 4.78 is 13.4. The number of hydrogen-bond acceptors (Lipinski definition) is 8. The summed E-state index contributed by atoms with van der Waals surface area (Å²) >= 11 is 1.42. The molecule has 0 aromatic carbocycles. The summed E-state index contributed by atoms with van der Waals surface area (Å²) in [6.45, 7) is 4.89. The molecule has 0 unspecified atom stereocenters. The number of hydrogen-bond donors (Lipinski definition) is 1. The van der Waals surface area contributed by atoms with E-state index in [9.17, 15) is 4.79 Å². The normalized spacial score (nSPS) is 14.6. The van der Waals surface area contributed by atoms with Gasteiger partial charge in [-0.05, 0) is 6.92 Å². The van der Waals surface area contributed by atoms with E-state index >= 15 is 0 Å². The minimum Gasteiger partial charge on any atom is -0.479 e. The van der Waals surface area contributed by atoms with Crippen LogP contribution in [0.1, 0.15) is 16.1 Å². The standard InChI is InChI=1S/C17H20N6O3S/c1-10-13(23-4-6-26-7-5-23)14-12(16(19-10)25-3)20-17(27-14)21-15(24)11-8-18-22(2)9-11/h8-9H,4-7H2,1-3H3,(H,20,21,24). The van der Waals surface area contributed by atoms with E-state index in [4.69, 9.17) is 9.47 Å². The number of aryl methyl sites for hydroxylation is 2. The van der Waals surface area contributed by atoms with E-state index in [1.165, 1.54) is 17.5 Å². The van der Waals surface area contributed by atoms with Gasteiger partial charge in [0.2, 0.25) is 5.88 Å². The lowest BCUT2D eigenvalue weighted by molar-refractivity contribution is 0.102. The zero-order valence-electron chi connectivity index (χ0n) is 15.4. The number of carbonyl (C=O) groups is 1. The van der Waals surface area contributed by atoms with Crippen LogP contribution in [0.5, 0.6) is 5.88 Å². The molecule has 0 spiro atoms. The Kier molecular flexibility index (Phi) is 4.66. The molecular formula is C17H20N6O3S. The second-order valence-electron chi connectivity index (χ2n) is 6.21. The number of morpholine rings is 1. The number of thiazole rings is 1. The smallest absolute Gasteiger partial charge is 0.260 e. The molecule has 1 fully saturated rings. The van der Waals surface area contributed by atoms with Crippen LogP contribution in [0, 0.1) is 6.92 Å². The molecule has 1 aliphatic heterocycles. The van der Waals surface area contributed by atoms with Crippen LogP contribution in [-0.2, 0) is 11.8 Å². The first-order valence-electron chi connectivity index (χ1n) is 8.54. The van der Waals surface area contributed by atoms with Crippen molar-refractivity contribution >= 4 is 38.3 Å². The number of fused-ring (bicyclic) bond motifs is 1. The van der Waals surface area contributed by atoms with Gasteiger partial charge in [0.25, 0.3) is 5.91 Å². The SMILES string of the molecule is COc1nc(C)c(N2CCOCC2)c2sc(NC(=O)c3cnn(C)c3)nc12. The molecule has 1 amide bonds. The number of aromatic nitrogens is 4. The average Bonchev–Trinajstić information content (AvgIpc) is 3.28. The minimum atomic E-state index is -0.251. The van der Waals surface area contributed by atoms with Crippen LogP contribution < -0.4 is 15.0 Å². The lowest BCUT2D eigenvalue weighted by Crippen LogP contribution is -2.36. The maximum Gasteiger partial charge on any atom is 0.260 e. The van der Waals surface area contributed by atoms with Crippen LogP contribution in [0.25, 0.3) is 10.2 Å². The molecule has 3 aromatic heterocycles. The second-order valence-corrected chi connectivity index (χ2v) is 7.21. The summed E-state index contributed by atoms with van der Waals surface area (Å²) in [5.74, 6) is 0.205. The molecule has 9 nitrogen and oxygen atoms in total. The number of amides is 1. The third-order valence-corrected chi connectivity index (χ3v) is 5.34. The largest absolute Gasteiger partial charge is 0.479 e. The summed E-state index contributed by atoms with van der Waals surface area (Å²) in [5.41, 5.74) is 3.02. The molecule has 0 aliphatic carbocycles. The van der Waals surface area contributed by atoms with Crippen LogP contribution in [0.4, 0.5) is 10.8 Å². The number of methoxy groups -OCH3 is 1. The highest BCUT2D eigenvalue weighted by atomic mass is 32.1. The Morgan fingerprint density at radius 3 is 2.78 bits per heavy atom. The first-order valence-corrected chi connectivity index (χ1v) is 9.36. The van der Waals surface area contributed by atoms with Crippen molar-refractivity contribution in [3.05, 3.63) is 23.7 Å². The van der Waals surface area contributed by atoms with Gasteiger partial charge in [0.15, 0.2) is 5.13 Å². The zero-order valence-corrected chi connectivity index (χ0v) is 16.2. The van der Waals surface area contributed by atoms with Crippen LogP contribution in [0.3, 0.4) is 0 Å². The summed E-state index contributed by atoms with van der Waals surface area (Å²) in [6, 6.07) is 0. The van der Waals surface area contributed by atoms with E-state index in [-0.39, 0.29) is 5.91 Å². The highest BCUT2D eigenvalue weighted by Gasteiger charge is 2.23. The van der Waals surface area contributed by atoms with Gasteiger partial charge in [-0.2, -0.15) is 5.10 Å². The van der Waals surface area contributed by atoms with Gasteiger partial charge in [0, 0.05) is 26.3 Å². The Hall–Kier alpha value is -2.72. The molecule has 142 valence electrons. The van der Waals surface area contributed by atoms with Gasteiger partial charge < -0.3 is 14.4 Å². The van der Waals surface area contributed by atoms with E-state index in [1.54, 1.807) is 25.0 Å². The molecule has 10 heteroatoms. The monoisotopic (exact) mass is 388 g/mol. The Labute approximate surface area is 159 Å². The van der Waals surface area contributed by atoms with Crippen molar-refractivity contribution in [3.63, 3.8) is 0 Å². The maximum atomic E-state index is 12.4. The van der Waals surface area contributed by atoms with Crippen LogP contribution >= 0.6 is 11.3 Å². The third-order valence-electron chi connectivity index (χ3n) is 4.36. The molecule has 0 bridgehead atoms. The highest BCUT2D eigenvalue weighted by molar-refractivity contribution is 7.23. The van der Waals surface area contributed by atoms with Gasteiger partial charge >= 0.3 is 0 Å². The Morgan fingerprint density at radius 1 is 1.33 bits per heavy atom. The van der Waals surface area contributed by atoms with Crippen LogP contribution in [-0.4, -0.2) is 59.1 Å². The predicted molar refractivity (Wildman–Crippen MR) is 103 cm³/mol. The van der Waals surface area contributed by atoms with Crippen LogP contribution in [0.2, 0.25) is 0 Å². The molecule has 27 heavy (non-hydrogen) atoms. The van der Waals surface area contributed by atoms with Crippen molar-refractivity contribution in [3.8, 4) is 5.88 Å². The number of anilines is 2. The molecule has 3 aromatic rings. The molecule has 0 saturated carbocycles. The number of nitrogens with zero attached hydrogens (tertiary/aromatic N) is 5. The first-order chi connectivity index (χ1) is 13.1. The summed E-state index contributed by atoms with van der Waals surface area (Å²) in [5, 5.41) is 7.38. The van der Waals surface area contributed by atoms with E-state index in [0.29, 0.717) is 35.3 Å². The molecule has 0 atom stereocenters. The molecule has 4 rings (SSSR count). The first kappa shape index (κ1) is 17.7. The van der Waals surface area contributed by atoms with Crippen molar-refractivity contribution in [2.75, 3.05) is 43.6 Å². The van der Waals surface area contributed by atoms with Crippen molar-refractivity contribution < 1.29 is 14.3 Å². The third kappa shape index (κ3) is 3.33. The number of pyridine rings is 1. The van der Waals surface area contributed by atoms with Gasteiger partial charge in [-0.25, -0.2) is 9.97 Å². The molecule has 1 aliphatic rings. The van der Waals surface area contributed by atoms with E-state index in [2.05, 4.69) is 25.3 Å². The fraction of sp³-hybridized carbons (Fsp3) is 0.412. The Bertz CT molecular complexity index is 992. The number of nitrogens with one attached hydrogen (secondary N) is 1. The van der Waals surface area contributed by atoms with Gasteiger partial charge in [-0.3, -0.25) is 14.8 Å². The van der Waals surface area contributed by atoms with Gasteiger partial charge in [0.1, 0.15) is 5.52 Å². The maximum absolute atomic E-state index is 12.4. The van der Waals surface area contributed by atoms with Crippen molar-refractivity contribution in [2.24, 2.45) is 7.05 Å². The summed E-state index contributed by atoms with van der Waals surface area (Å²) in [4.78, 5) is 23.8.